The normalized spacial score (nSPS) is 15.9. The molecule has 2 aromatic rings. The van der Waals surface area contributed by atoms with E-state index < -0.39 is 12.0 Å². The van der Waals surface area contributed by atoms with Gasteiger partial charge >= 0.3 is 12.0 Å². The molecule has 3 rings (SSSR count). The van der Waals surface area contributed by atoms with Crippen LogP contribution in [0.2, 0.25) is 0 Å². The maximum absolute atomic E-state index is 12.8. The number of nitrogens with one attached hydrogen (secondary N) is 2. The predicted octanol–water partition coefficient (Wildman–Crippen LogP) is 4.58. The Morgan fingerprint density at radius 3 is 2.47 bits per heavy atom. The number of ether oxygens (including phenoxy) is 2. The van der Waals surface area contributed by atoms with Gasteiger partial charge in [0.25, 0.3) is 0 Å². The highest BCUT2D eigenvalue weighted by atomic mass is 16.5. The van der Waals surface area contributed by atoms with Gasteiger partial charge in [-0.25, -0.2) is 9.59 Å². The number of rotatable bonds is 9. The van der Waals surface area contributed by atoms with Gasteiger partial charge in [-0.05, 0) is 18.1 Å². The molecule has 2 amide bonds. The predicted molar refractivity (Wildman–Crippen MR) is 116 cm³/mol. The van der Waals surface area contributed by atoms with Crippen molar-refractivity contribution in [2.45, 2.75) is 38.6 Å². The molecule has 1 atom stereocenters. The number of hydrogen-bond acceptors (Lipinski definition) is 4. The van der Waals surface area contributed by atoms with Crippen LogP contribution in [0.5, 0.6) is 5.75 Å². The van der Waals surface area contributed by atoms with Gasteiger partial charge in [0.15, 0.2) is 0 Å². The van der Waals surface area contributed by atoms with Crippen LogP contribution in [0.25, 0.3) is 5.70 Å². The van der Waals surface area contributed by atoms with E-state index in [-0.39, 0.29) is 6.03 Å². The Balaban J connectivity index is 1.99. The second-order valence-electron chi connectivity index (χ2n) is 7.12. The van der Waals surface area contributed by atoms with E-state index in [0.29, 0.717) is 23.6 Å². The zero-order valence-electron chi connectivity index (χ0n) is 17.4. The minimum absolute atomic E-state index is 0.338. The van der Waals surface area contributed by atoms with Crippen molar-refractivity contribution in [1.82, 2.24) is 10.6 Å². The van der Waals surface area contributed by atoms with Crippen LogP contribution < -0.4 is 15.4 Å². The van der Waals surface area contributed by atoms with Crippen LogP contribution in [0.15, 0.2) is 60.2 Å². The van der Waals surface area contributed by atoms with E-state index in [1.54, 1.807) is 0 Å². The van der Waals surface area contributed by atoms with Crippen molar-refractivity contribution in [3.8, 4) is 5.75 Å². The Kier molecular flexibility index (Phi) is 7.49. The van der Waals surface area contributed by atoms with E-state index in [1.807, 2.05) is 54.6 Å². The second-order valence-corrected chi connectivity index (χ2v) is 7.12. The average molecular weight is 408 g/mol. The fourth-order valence-corrected chi connectivity index (χ4v) is 3.52. The average Bonchev–Trinajstić information content (AvgIpc) is 2.78. The van der Waals surface area contributed by atoms with Crippen molar-refractivity contribution in [2.24, 2.45) is 0 Å². The molecule has 0 spiro atoms. The number of methoxy groups -OCH3 is 1. The molecule has 0 saturated heterocycles. The van der Waals surface area contributed by atoms with Gasteiger partial charge in [-0.15, -0.1) is 0 Å². The zero-order valence-corrected chi connectivity index (χ0v) is 17.4. The summed E-state index contributed by atoms with van der Waals surface area (Å²) < 4.78 is 11.1. The summed E-state index contributed by atoms with van der Waals surface area (Å²) in [7, 11) is 1.33. The molecule has 0 saturated carbocycles. The van der Waals surface area contributed by atoms with Crippen molar-refractivity contribution in [2.75, 3.05) is 13.7 Å². The fourth-order valence-electron chi connectivity index (χ4n) is 3.52. The molecule has 30 heavy (non-hydrogen) atoms. The summed E-state index contributed by atoms with van der Waals surface area (Å²) in [4.78, 5) is 25.3. The van der Waals surface area contributed by atoms with Gasteiger partial charge in [0.2, 0.25) is 0 Å². The quantitative estimate of drug-likeness (QED) is 0.470. The third-order valence-corrected chi connectivity index (χ3v) is 5.03. The molecule has 0 aromatic heterocycles. The zero-order chi connectivity index (χ0) is 21.3. The minimum atomic E-state index is -0.687. The number of hydrogen-bond donors (Lipinski definition) is 2. The molecule has 6 nitrogen and oxygen atoms in total. The van der Waals surface area contributed by atoms with Crippen LogP contribution in [0.1, 0.15) is 49.8 Å². The van der Waals surface area contributed by atoms with Gasteiger partial charge in [0.05, 0.1) is 31.0 Å². The lowest BCUT2D eigenvalue weighted by molar-refractivity contribution is -0.136. The molecular formula is C24H28N2O4. The third kappa shape index (κ3) is 5.00. The lowest BCUT2D eigenvalue weighted by atomic mass is 9.92. The van der Waals surface area contributed by atoms with Crippen molar-refractivity contribution in [3.05, 3.63) is 71.3 Å². The Morgan fingerprint density at radius 2 is 1.73 bits per heavy atom. The maximum Gasteiger partial charge on any atom is 0.338 e. The molecule has 2 aromatic carbocycles. The van der Waals surface area contributed by atoms with Gasteiger partial charge in [0, 0.05) is 5.56 Å². The highest BCUT2D eigenvalue weighted by Crippen LogP contribution is 2.36. The first-order valence-corrected chi connectivity index (χ1v) is 10.3. The lowest BCUT2D eigenvalue weighted by Crippen LogP contribution is -2.45. The number of urea groups is 1. The molecule has 0 aliphatic carbocycles. The maximum atomic E-state index is 12.8. The van der Waals surface area contributed by atoms with Gasteiger partial charge in [-0.3, -0.25) is 0 Å². The molecule has 158 valence electrons. The topological polar surface area (TPSA) is 76.7 Å². The van der Waals surface area contributed by atoms with Crippen LogP contribution in [-0.2, 0) is 9.53 Å². The molecule has 0 fully saturated rings. The molecule has 0 radical (unpaired) electrons. The third-order valence-electron chi connectivity index (χ3n) is 5.03. The summed E-state index contributed by atoms with van der Waals surface area (Å²) in [5.74, 6) is 0.138. The largest absolute Gasteiger partial charge is 0.493 e. The Morgan fingerprint density at radius 1 is 1.00 bits per heavy atom. The number of unbranched alkanes of at least 4 members (excludes halogenated alkanes) is 3. The second kappa shape index (κ2) is 10.5. The Bertz CT molecular complexity index is 908. The molecule has 6 heteroatoms. The standard InChI is InChI=1S/C24H28N2O4/c1-3-4-5-11-16-30-19-15-10-9-14-18(19)22-20(23(27)29-2)21(25-24(28)26-22)17-12-7-6-8-13-17/h6-10,12-15,22H,3-5,11,16H2,1-2H3,(H2,25,26,28). The molecular weight excluding hydrogens is 380 g/mol. The molecule has 2 N–H and O–H groups in total. The lowest BCUT2D eigenvalue weighted by Gasteiger charge is -2.30. The summed E-state index contributed by atoms with van der Waals surface area (Å²) in [5, 5.41) is 5.63. The molecule has 1 aliphatic rings. The van der Waals surface area contributed by atoms with E-state index in [2.05, 4.69) is 17.6 Å². The highest BCUT2D eigenvalue weighted by Gasteiger charge is 2.35. The van der Waals surface area contributed by atoms with Crippen LogP contribution in [0.4, 0.5) is 4.79 Å². The molecule has 0 bridgehead atoms. The van der Waals surface area contributed by atoms with Gasteiger partial charge in [0.1, 0.15) is 5.75 Å². The highest BCUT2D eigenvalue weighted by molar-refractivity contribution is 6.04. The molecule has 1 heterocycles. The summed E-state index contributed by atoms with van der Waals surface area (Å²) in [6.07, 6.45) is 4.39. The van der Waals surface area contributed by atoms with Crippen molar-refractivity contribution in [1.29, 1.82) is 0 Å². The minimum Gasteiger partial charge on any atom is -0.493 e. The first-order valence-electron chi connectivity index (χ1n) is 10.3. The SMILES string of the molecule is CCCCCCOc1ccccc1C1NC(=O)NC(c2ccccc2)=C1C(=O)OC. The number of carbonyl (C=O) groups excluding carboxylic acids is 2. The van der Waals surface area contributed by atoms with Crippen LogP contribution >= 0.6 is 0 Å². The van der Waals surface area contributed by atoms with Gasteiger partial charge < -0.3 is 20.1 Å². The van der Waals surface area contributed by atoms with E-state index in [9.17, 15) is 9.59 Å². The van der Waals surface area contributed by atoms with Gasteiger partial charge in [-0.1, -0.05) is 74.7 Å². The van der Waals surface area contributed by atoms with Crippen molar-refractivity contribution >= 4 is 17.7 Å². The van der Waals surface area contributed by atoms with Crippen LogP contribution in [-0.4, -0.2) is 25.7 Å². The number of benzene rings is 2. The van der Waals surface area contributed by atoms with E-state index in [4.69, 9.17) is 9.47 Å². The number of para-hydroxylation sites is 1. The first-order chi connectivity index (χ1) is 14.7. The summed E-state index contributed by atoms with van der Waals surface area (Å²) >= 11 is 0. The molecule has 1 aliphatic heterocycles. The Labute approximate surface area is 177 Å². The van der Waals surface area contributed by atoms with Crippen LogP contribution in [0.3, 0.4) is 0 Å². The first kappa shape index (κ1) is 21.4. The van der Waals surface area contributed by atoms with E-state index in [1.165, 1.54) is 13.5 Å². The number of esters is 1. The Hall–Kier alpha value is -3.28. The van der Waals surface area contributed by atoms with Crippen molar-refractivity contribution < 1.29 is 19.1 Å². The van der Waals surface area contributed by atoms with Crippen molar-refractivity contribution in [3.63, 3.8) is 0 Å². The fraction of sp³-hybridized carbons (Fsp3) is 0.333. The monoisotopic (exact) mass is 408 g/mol. The summed E-state index contributed by atoms with van der Waals surface area (Å²) in [6.45, 7) is 2.75. The number of carbonyl (C=O) groups is 2. The van der Waals surface area contributed by atoms with E-state index in [0.717, 1.165) is 30.4 Å². The summed E-state index contributed by atoms with van der Waals surface area (Å²) in [5.41, 5.74) is 2.23. The van der Waals surface area contributed by atoms with E-state index >= 15 is 0 Å². The summed E-state index contributed by atoms with van der Waals surface area (Å²) in [6, 6.07) is 15.7. The molecule has 1 unspecified atom stereocenters. The van der Waals surface area contributed by atoms with Crippen LogP contribution in [0, 0.1) is 0 Å². The van der Waals surface area contributed by atoms with Gasteiger partial charge in [-0.2, -0.15) is 0 Å². The smallest absolute Gasteiger partial charge is 0.338 e. The number of amides is 2.